The molecule has 1 fully saturated rings. The second-order valence-electron chi connectivity index (χ2n) is 3.27. The van der Waals surface area contributed by atoms with Crippen LogP contribution in [-0.2, 0) is 14.3 Å². The van der Waals surface area contributed by atoms with E-state index in [1.54, 1.807) is 0 Å². The number of carbonyl (C=O) groups is 1. The zero-order chi connectivity index (χ0) is 8.39. The number of rotatable bonds is 2. The molecular weight excluding hydrogens is 156 g/mol. The van der Waals surface area contributed by atoms with Gasteiger partial charge in [0.1, 0.15) is 12.4 Å². The van der Waals surface area contributed by atoms with Crippen LogP contribution in [0.1, 0.15) is 32.1 Å². The van der Waals surface area contributed by atoms with Crippen molar-refractivity contribution < 1.29 is 14.3 Å². The lowest BCUT2D eigenvalue weighted by atomic mass is 9.98. The van der Waals surface area contributed by atoms with Crippen molar-refractivity contribution >= 4 is 5.97 Å². The summed E-state index contributed by atoms with van der Waals surface area (Å²) in [4.78, 5) is 11.1. The smallest absolute Gasteiger partial charge is 0.377 e. The molecule has 1 aliphatic heterocycles. The lowest BCUT2D eigenvalue weighted by molar-refractivity contribution is -0.146. The first kappa shape index (κ1) is 7.65. The van der Waals surface area contributed by atoms with Crippen LogP contribution in [0.4, 0.5) is 0 Å². The quantitative estimate of drug-likeness (QED) is 0.589. The molecule has 0 unspecified atom stereocenters. The Hall–Kier alpha value is -0.990. The predicted molar refractivity (Wildman–Crippen MR) is 42.1 cm³/mol. The summed E-state index contributed by atoms with van der Waals surface area (Å²) in [5.41, 5.74) is 0. The van der Waals surface area contributed by atoms with Gasteiger partial charge in [-0.15, -0.1) is 0 Å². The number of ether oxygens (including phenoxy) is 2. The van der Waals surface area contributed by atoms with Crippen molar-refractivity contribution in [1.29, 1.82) is 0 Å². The number of esters is 1. The maximum Gasteiger partial charge on any atom is 0.377 e. The second-order valence-corrected chi connectivity index (χ2v) is 3.27. The van der Waals surface area contributed by atoms with Gasteiger partial charge in [0.15, 0.2) is 0 Å². The zero-order valence-electron chi connectivity index (χ0n) is 6.91. The standard InChI is InChI=1S/C9H12O3/c10-9(8-6-11-8)12-7-4-2-1-3-5-7/h6-7H,1-5H2. The Morgan fingerprint density at radius 1 is 1.42 bits per heavy atom. The molecule has 1 heterocycles. The van der Waals surface area contributed by atoms with E-state index in [1.165, 1.54) is 25.5 Å². The Morgan fingerprint density at radius 2 is 2.08 bits per heavy atom. The zero-order valence-corrected chi connectivity index (χ0v) is 6.91. The molecule has 12 heavy (non-hydrogen) atoms. The molecule has 0 bridgehead atoms. The van der Waals surface area contributed by atoms with E-state index in [4.69, 9.17) is 4.74 Å². The molecule has 66 valence electrons. The Labute approximate surface area is 71.3 Å². The topological polar surface area (TPSA) is 38.8 Å². The SMILES string of the molecule is O=C(OC1CCCCC1)C1=CO1. The van der Waals surface area contributed by atoms with Crippen LogP contribution in [0, 0.1) is 0 Å². The third-order valence-electron chi connectivity index (χ3n) is 2.26. The van der Waals surface area contributed by atoms with Crippen molar-refractivity contribution in [3.05, 3.63) is 12.0 Å². The van der Waals surface area contributed by atoms with Crippen LogP contribution in [0.5, 0.6) is 0 Å². The summed E-state index contributed by atoms with van der Waals surface area (Å²) in [5.74, 6) is 0.0856. The molecule has 2 rings (SSSR count). The van der Waals surface area contributed by atoms with Gasteiger partial charge in [-0.3, -0.25) is 0 Å². The van der Waals surface area contributed by atoms with Gasteiger partial charge in [-0.2, -0.15) is 0 Å². The minimum Gasteiger partial charge on any atom is -0.456 e. The van der Waals surface area contributed by atoms with Crippen molar-refractivity contribution in [3.63, 3.8) is 0 Å². The van der Waals surface area contributed by atoms with Crippen LogP contribution < -0.4 is 0 Å². The summed E-state index contributed by atoms with van der Waals surface area (Å²) in [6, 6.07) is 0. The molecule has 0 saturated heterocycles. The van der Waals surface area contributed by atoms with Crippen molar-refractivity contribution in [1.82, 2.24) is 0 Å². The van der Waals surface area contributed by atoms with Gasteiger partial charge in [0.05, 0.1) is 0 Å². The molecule has 0 N–H and O–H groups in total. The minimum atomic E-state index is -0.290. The molecule has 0 aromatic heterocycles. The van der Waals surface area contributed by atoms with Crippen LogP contribution >= 0.6 is 0 Å². The number of hydrogen-bond donors (Lipinski definition) is 0. The van der Waals surface area contributed by atoms with E-state index in [0.29, 0.717) is 5.76 Å². The Balaban J connectivity index is 1.76. The van der Waals surface area contributed by atoms with Gasteiger partial charge in [0.25, 0.3) is 0 Å². The molecule has 0 amide bonds. The summed E-state index contributed by atoms with van der Waals surface area (Å²) >= 11 is 0. The highest BCUT2D eigenvalue weighted by atomic mass is 16.6. The maximum absolute atomic E-state index is 11.1. The minimum absolute atomic E-state index is 0.136. The fourth-order valence-corrected chi connectivity index (χ4v) is 1.52. The third-order valence-corrected chi connectivity index (χ3v) is 2.26. The van der Waals surface area contributed by atoms with Gasteiger partial charge in [-0.25, -0.2) is 4.79 Å². The molecule has 0 aromatic carbocycles. The molecule has 1 aliphatic carbocycles. The summed E-state index contributed by atoms with van der Waals surface area (Å²) in [5, 5.41) is 0. The molecule has 3 nitrogen and oxygen atoms in total. The molecule has 2 aliphatic rings. The summed E-state index contributed by atoms with van der Waals surface area (Å²) in [7, 11) is 0. The first-order valence-electron chi connectivity index (χ1n) is 4.44. The molecule has 0 spiro atoms. The highest BCUT2D eigenvalue weighted by Gasteiger charge is 2.26. The first-order valence-corrected chi connectivity index (χ1v) is 4.44. The average Bonchev–Trinajstić information content (AvgIpc) is 2.88. The fraction of sp³-hybridized carbons (Fsp3) is 0.667. The lowest BCUT2D eigenvalue weighted by Gasteiger charge is -2.20. The molecular formula is C9H12O3. The van der Waals surface area contributed by atoms with E-state index in [2.05, 4.69) is 4.74 Å². The second kappa shape index (κ2) is 3.17. The van der Waals surface area contributed by atoms with Crippen LogP contribution in [0.3, 0.4) is 0 Å². The highest BCUT2D eigenvalue weighted by Crippen LogP contribution is 2.23. The molecule has 0 atom stereocenters. The fourth-order valence-electron chi connectivity index (χ4n) is 1.52. The largest absolute Gasteiger partial charge is 0.456 e. The van der Waals surface area contributed by atoms with Gasteiger partial charge in [-0.1, -0.05) is 6.42 Å². The van der Waals surface area contributed by atoms with E-state index in [9.17, 15) is 4.79 Å². The Kier molecular flexibility index (Phi) is 2.02. The average molecular weight is 168 g/mol. The van der Waals surface area contributed by atoms with Gasteiger partial charge in [0.2, 0.25) is 5.76 Å². The Bertz CT molecular complexity index is 214. The number of carbonyl (C=O) groups excluding carboxylic acids is 1. The number of hydrogen-bond acceptors (Lipinski definition) is 3. The van der Waals surface area contributed by atoms with Crippen molar-refractivity contribution in [3.8, 4) is 0 Å². The van der Waals surface area contributed by atoms with Crippen LogP contribution in [0.15, 0.2) is 12.0 Å². The van der Waals surface area contributed by atoms with Crippen LogP contribution in [0.2, 0.25) is 0 Å². The molecule has 0 radical (unpaired) electrons. The van der Waals surface area contributed by atoms with E-state index in [1.807, 2.05) is 0 Å². The van der Waals surface area contributed by atoms with Gasteiger partial charge >= 0.3 is 5.97 Å². The summed E-state index contributed by atoms with van der Waals surface area (Å²) < 4.78 is 9.81. The van der Waals surface area contributed by atoms with Gasteiger partial charge < -0.3 is 9.47 Å². The third kappa shape index (κ3) is 1.78. The van der Waals surface area contributed by atoms with E-state index < -0.39 is 0 Å². The maximum atomic E-state index is 11.1. The molecule has 0 aromatic rings. The Morgan fingerprint density at radius 3 is 2.67 bits per heavy atom. The predicted octanol–water partition coefficient (Wildman–Crippen LogP) is 1.73. The van der Waals surface area contributed by atoms with Crippen LogP contribution in [0.25, 0.3) is 0 Å². The first-order chi connectivity index (χ1) is 5.86. The van der Waals surface area contributed by atoms with Gasteiger partial charge in [-0.05, 0) is 25.7 Å². The van der Waals surface area contributed by atoms with Crippen molar-refractivity contribution in [2.24, 2.45) is 0 Å². The lowest BCUT2D eigenvalue weighted by Crippen LogP contribution is -2.20. The normalized spacial score (nSPS) is 22.5. The van der Waals surface area contributed by atoms with Crippen molar-refractivity contribution in [2.75, 3.05) is 0 Å². The monoisotopic (exact) mass is 168 g/mol. The van der Waals surface area contributed by atoms with E-state index >= 15 is 0 Å². The highest BCUT2D eigenvalue weighted by molar-refractivity contribution is 5.88. The van der Waals surface area contributed by atoms with Crippen molar-refractivity contribution in [2.45, 2.75) is 38.2 Å². The van der Waals surface area contributed by atoms with Crippen LogP contribution in [-0.4, -0.2) is 12.1 Å². The molecule has 1 saturated carbocycles. The van der Waals surface area contributed by atoms with Gasteiger partial charge in [0, 0.05) is 0 Å². The molecule has 3 heteroatoms. The summed E-state index contributed by atoms with van der Waals surface area (Å²) in [6.07, 6.45) is 7.21. The summed E-state index contributed by atoms with van der Waals surface area (Å²) in [6.45, 7) is 0. The van der Waals surface area contributed by atoms with E-state index in [-0.39, 0.29) is 12.1 Å². The van der Waals surface area contributed by atoms with E-state index in [0.717, 1.165) is 12.8 Å².